The molecule has 2 aromatic carbocycles. The molecule has 0 amide bonds. The van der Waals surface area contributed by atoms with Crippen molar-refractivity contribution in [2.75, 3.05) is 7.11 Å². The number of furan rings is 1. The number of methoxy groups -OCH3 is 1. The number of nitrogens with two attached hydrogens (primary N) is 1. The topological polar surface area (TPSA) is 127 Å². The minimum Gasteiger partial charge on any atom is -0.481 e. The Morgan fingerprint density at radius 2 is 1.59 bits per heavy atom. The van der Waals surface area contributed by atoms with E-state index < -0.39 is 11.9 Å². The molecule has 0 saturated heterocycles. The van der Waals surface area contributed by atoms with Crippen molar-refractivity contribution in [1.29, 1.82) is 5.41 Å². The largest absolute Gasteiger partial charge is 0.481 e. The van der Waals surface area contributed by atoms with Gasteiger partial charge in [-0.1, -0.05) is 48.5 Å². The van der Waals surface area contributed by atoms with E-state index in [1.54, 1.807) is 12.1 Å². The number of hydrogen-bond acceptors (Lipinski definition) is 5. The molecule has 0 atom stereocenters. The number of carboxylic acid groups (broad SMARTS) is 1. The summed E-state index contributed by atoms with van der Waals surface area (Å²) in [7, 11) is 1.28. The Balaban J connectivity index is 1.91. The normalized spacial score (nSPS) is 10.5. The molecule has 0 aliphatic rings. The molecule has 3 rings (SSSR count). The number of carbonyl (C=O) groups excluding carboxylic acids is 1. The first-order valence-corrected chi connectivity index (χ1v) is 8.87. The first kappa shape index (κ1) is 19.9. The molecule has 7 heteroatoms. The monoisotopic (exact) mass is 392 g/mol. The van der Waals surface area contributed by atoms with Gasteiger partial charge in [0, 0.05) is 17.5 Å². The van der Waals surface area contributed by atoms with E-state index in [4.69, 9.17) is 25.4 Å². The molecule has 0 aliphatic heterocycles. The van der Waals surface area contributed by atoms with Gasteiger partial charge in [-0.15, -0.1) is 0 Å². The minimum atomic E-state index is -0.942. The first-order valence-electron chi connectivity index (χ1n) is 8.87. The van der Waals surface area contributed by atoms with Crippen LogP contribution in [0.4, 0.5) is 0 Å². The van der Waals surface area contributed by atoms with E-state index in [0.717, 1.165) is 11.1 Å². The van der Waals surface area contributed by atoms with Gasteiger partial charge in [0.1, 0.15) is 22.9 Å². The predicted octanol–water partition coefficient (Wildman–Crippen LogP) is 3.70. The third kappa shape index (κ3) is 4.52. The van der Waals surface area contributed by atoms with Gasteiger partial charge < -0.3 is 20.0 Å². The molecule has 0 spiro atoms. The summed E-state index contributed by atoms with van der Waals surface area (Å²) in [6.07, 6.45) is 0.0860. The van der Waals surface area contributed by atoms with E-state index in [1.165, 1.54) is 13.2 Å². The van der Waals surface area contributed by atoms with Crippen molar-refractivity contribution >= 4 is 17.8 Å². The number of carboxylic acids is 1. The molecule has 0 fully saturated rings. The highest BCUT2D eigenvalue weighted by Crippen LogP contribution is 2.31. The Morgan fingerprint density at radius 1 is 1.03 bits per heavy atom. The summed E-state index contributed by atoms with van der Waals surface area (Å²) < 4.78 is 10.6. The Labute approximate surface area is 167 Å². The van der Waals surface area contributed by atoms with Gasteiger partial charge in [0.05, 0.1) is 13.5 Å². The van der Waals surface area contributed by atoms with Crippen LogP contribution >= 0.6 is 0 Å². The zero-order valence-corrected chi connectivity index (χ0v) is 15.8. The minimum absolute atomic E-state index is 0.0127. The molecule has 29 heavy (non-hydrogen) atoms. The number of nitrogens with one attached hydrogen (secondary N) is 1. The second-order valence-corrected chi connectivity index (χ2v) is 6.41. The quantitative estimate of drug-likeness (QED) is 0.320. The molecule has 1 aromatic heterocycles. The number of carbonyl (C=O) groups is 2. The van der Waals surface area contributed by atoms with Gasteiger partial charge in [-0.05, 0) is 17.2 Å². The van der Waals surface area contributed by atoms with Gasteiger partial charge >= 0.3 is 11.9 Å². The summed E-state index contributed by atoms with van der Waals surface area (Å²) in [5.41, 5.74) is 8.96. The van der Waals surface area contributed by atoms with Crippen LogP contribution < -0.4 is 5.73 Å². The lowest BCUT2D eigenvalue weighted by molar-refractivity contribution is -0.137. The van der Waals surface area contributed by atoms with Crippen LogP contribution in [-0.2, 0) is 16.0 Å². The SMILES string of the molecule is COC(=O)c1cc(CCC(=O)O)oc1-c1ccc(-c2ccc(C(=N)N)cc2)cc1. The van der Waals surface area contributed by atoms with Gasteiger partial charge in [-0.3, -0.25) is 10.2 Å². The second kappa shape index (κ2) is 8.43. The number of aryl methyl sites for hydroxylation is 1. The molecule has 0 aliphatic carbocycles. The van der Waals surface area contributed by atoms with Crippen molar-refractivity contribution in [3.8, 4) is 22.5 Å². The average Bonchev–Trinajstić information content (AvgIpc) is 3.16. The zero-order chi connectivity index (χ0) is 21.0. The van der Waals surface area contributed by atoms with Gasteiger partial charge in [-0.2, -0.15) is 0 Å². The fraction of sp³-hybridized carbons (Fsp3) is 0.136. The third-order valence-electron chi connectivity index (χ3n) is 4.45. The summed E-state index contributed by atoms with van der Waals surface area (Å²) >= 11 is 0. The van der Waals surface area contributed by atoms with E-state index >= 15 is 0 Å². The maximum atomic E-state index is 12.1. The van der Waals surface area contributed by atoms with Crippen LogP contribution in [0.3, 0.4) is 0 Å². The molecule has 0 bridgehead atoms. The third-order valence-corrected chi connectivity index (χ3v) is 4.45. The van der Waals surface area contributed by atoms with Crippen molar-refractivity contribution in [2.24, 2.45) is 5.73 Å². The number of amidine groups is 1. The van der Waals surface area contributed by atoms with Crippen molar-refractivity contribution in [1.82, 2.24) is 0 Å². The zero-order valence-electron chi connectivity index (χ0n) is 15.8. The predicted molar refractivity (Wildman–Crippen MR) is 108 cm³/mol. The van der Waals surface area contributed by atoms with Crippen LogP contribution in [0.1, 0.15) is 28.1 Å². The number of benzene rings is 2. The van der Waals surface area contributed by atoms with Crippen molar-refractivity contribution in [2.45, 2.75) is 12.8 Å². The molecular weight excluding hydrogens is 372 g/mol. The molecule has 148 valence electrons. The molecule has 4 N–H and O–H groups in total. The second-order valence-electron chi connectivity index (χ2n) is 6.41. The highest BCUT2D eigenvalue weighted by molar-refractivity contribution is 5.96. The first-order chi connectivity index (χ1) is 13.9. The van der Waals surface area contributed by atoms with E-state index in [0.29, 0.717) is 22.6 Å². The summed E-state index contributed by atoms with van der Waals surface area (Å²) in [5, 5.41) is 16.3. The highest BCUT2D eigenvalue weighted by atomic mass is 16.5. The van der Waals surface area contributed by atoms with E-state index in [-0.39, 0.29) is 24.2 Å². The van der Waals surface area contributed by atoms with E-state index in [2.05, 4.69) is 0 Å². The molecule has 1 heterocycles. The lowest BCUT2D eigenvalue weighted by atomic mass is 10.0. The molecule has 0 saturated carbocycles. The Morgan fingerprint density at radius 3 is 2.10 bits per heavy atom. The smallest absolute Gasteiger partial charge is 0.341 e. The van der Waals surface area contributed by atoms with Crippen LogP contribution in [0.2, 0.25) is 0 Å². The van der Waals surface area contributed by atoms with Gasteiger partial charge in [0.25, 0.3) is 0 Å². The van der Waals surface area contributed by atoms with Crippen molar-refractivity contribution in [3.05, 3.63) is 71.5 Å². The number of esters is 1. The number of rotatable bonds is 7. The standard InChI is InChI=1S/C22H20N2O5/c1-28-22(27)18-12-17(10-11-19(25)26)29-20(18)15-6-2-13(3-7-15)14-4-8-16(9-5-14)21(23)24/h2-9,12H,10-11H2,1H3,(H3,23,24)(H,25,26). The summed E-state index contributed by atoms with van der Waals surface area (Å²) in [6, 6.07) is 16.3. The molecule has 0 radical (unpaired) electrons. The number of aliphatic carboxylic acids is 1. The van der Waals surface area contributed by atoms with Gasteiger partial charge in [0.15, 0.2) is 0 Å². The summed E-state index contributed by atoms with van der Waals surface area (Å²) in [5.74, 6) is -0.724. The lowest BCUT2D eigenvalue weighted by Gasteiger charge is -2.06. The lowest BCUT2D eigenvalue weighted by Crippen LogP contribution is -2.10. The molecule has 3 aromatic rings. The Kier molecular flexibility index (Phi) is 5.78. The van der Waals surface area contributed by atoms with Gasteiger partial charge in [0.2, 0.25) is 0 Å². The fourth-order valence-corrected chi connectivity index (χ4v) is 2.93. The Hall–Kier alpha value is -3.87. The van der Waals surface area contributed by atoms with Gasteiger partial charge in [-0.25, -0.2) is 4.79 Å². The maximum absolute atomic E-state index is 12.1. The molecule has 0 unspecified atom stereocenters. The maximum Gasteiger partial charge on any atom is 0.341 e. The number of nitrogen functional groups attached to an aromatic ring is 1. The van der Waals surface area contributed by atoms with E-state index in [9.17, 15) is 9.59 Å². The number of ether oxygens (including phenoxy) is 1. The van der Waals surface area contributed by atoms with Crippen LogP contribution in [0, 0.1) is 5.41 Å². The van der Waals surface area contributed by atoms with Crippen LogP contribution in [-0.4, -0.2) is 30.0 Å². The van der Waals surface area contributed by atoms with Crippen LogP contribution in [0.15, 0.2) is 59.0 Å². The molecule has 7 nitrogen and oxygen atoms in total. The summed E-state index contributed by atoms with van der Waals surface area (Å²) in [6.45, 7) is 0. The summed E-state index contributed by atoms with van der Waals surface area (Å²) in [4.78, 5) is 22.9. The van der Waals surface area contributed by atoms with Crippen molar-refractivity contribution < 1.29 is 23.8 Å². The van der Waals surface area contributed by atoms with Crippen molar-refractivity contribution in [3.63, 3.8) is 0 Å². The highest BCUT2D eigenvalue weighted by Gasteiger charge is 2.20. The molecular formula is C22H20N2O5. The van der Waals surface area contributed by atoms with E-state index in [1.807, 2.05) is 36.4 Å². The average molecular weight is 392 g/mol. The van der Waals surface area contributed by atoms with Crippen LogP contribution in [0.5, 0.6) is 0 Å². The Bertz CT molecular complexity index is 1050. The fourth-order valence-electron chi connectivity index (χ4n) is 2.93. The van der Waals surface area contributed by atoms with Crippen LogP contribution in [0.25, 0.3) is 22.5 Å². The number of hydrogen-bond donors (Lipinski definition) is 3.